The van der Waals surface area contributed by atoms with Gasteiger partial charge in [0.15, 0.2) is 0 Å². The third-order valence-corrected chi connectivity index (χ3v) is 2.54. The Hall–Kier alpha value is -1.97. The van der Waals surface area contributed by atoms with Crippen LogP contribution in [0.1, 0.15) is 26.3 Å². The first-order valence-corrected chi connectivity index (χ1v) is 5.71. The first kappa shape index (κ1) is 12.5. The second-order valence-electron chi connectivity index (χ2n) is 5.05. The zero-order valence-electron chi connectivity index (χ0n) is 10.6. The van der Waals surface area contributed by atoms with Gasteiger partial charge in [0.2, 0.25) is 11.8 Å². The normalized spacial score (nSPS) is 11.3. The SMILES string of the molecule is CC(C)(C)c1ccc(Oc2cnc(F)cn2)cc1. The molecule has 0 atom stereocenters. The van der Waals surface area contributed by atoms with E-state index in [1.54, 1.807) is 0 Å². The van der Waals surface area contributed by atoms with Crippen LogP contribution in [0.2, 0.25) is 0 Å². The van der Waals surface area contributed by atoms with E-state index in [-0.39, 0.29) is 11.3 Å². The van der Waals surface area contributed by atoms with Gasteiger partial charge in [-0.1, -0.05) is 32.9 Å². The summed E-state index contributed by atoms with van der Waals surface area (Å²) in [6, 6.07) is 7.75. The summed E-state index contributed by atoms with van der Waals surface area (Å²) < 4.78 is 18.0. The van der Waals surface area contributed by atoms with Crippen LogP contribution in [0, 0.1) is 5.95 Å². The molecule has 2 rings (SSSR count). The topological polar surface area (TPSA) is 35.0 Å². The average Bonchev–Trinajstić information content (AvgIpc) is 2.32. The maximum absolute atomic E-state index is 12.6. The summed E-state index contributed by atoms with van der Waals surface area (Å²) in [7, 11) is 0. The smallest absolute Gasteiger partial charge is 0.238 e. The molecule has 0 saturated heterocycles. The predicted octanol–water partition coefficient (Wildman–Crippen LogP) is 3.71. The summed E-state index contributed by atoms with van der Waals surface area (Å²) in [4.78, 5) is 7.26. The second kappa shape index (κ2) is 4.72. The molecule has 2 aromatic rings. The quantitative estimate of drug-likeness (QED) is 0.810. The molecule has 0 radical (unpaired) electrons. The molecule has 1 aromatic carbocycles. The molecular weight excluding hydrogens is 231 g/mol. The molecule has 4 heteroatoms. The molecule has 0 unspecified atom stereocenters. The highest BCUT2D eigenvalue weighted by molar-refractivity contribution is 5.32. The minimum atomic E-state index is -0.620. The number of hydrogen-bond donors (Lipinski definition) is 0. The number of rotatable bonds is 2. The summed E-state index contributed by atoms with van der Waals surface area (Å²) in [5, 5.41) is 0. The minimum absolute atomic E-state index is 0.105. The van der Waals surface area contributed by atoms with Gasteiger partial charge < -0.3 is 4.74 Å². The summed E-state index contributed by atoms with van der Waals surface area (Å²) in [5.74, 6) is 0.314. The lowest BCUT2D eigenvalue weighted by Gasteiger charge is -2.19. The Kier molecular flexibility index (Phi) is 3.28. The lowest BCUT2D eigenvalue weighted by atomic mass is 9.87. The van der Waals surface area contributed by atoms with Gasteiger partial charge in [0.05, 0.1) is 12.4 Å². The standard InChI is InChI=1S/C14H15FN2O/c1-14(2,3)10-4-6-11(7-5-10)18-13-9-16-12(15)8-17-13/h4-9H,1-3H3. The molecule has 0 bridgehead atoms. The van der Waals surface area contributed by atoms with E-state index in [2.05, 4.69) is 30.7 Å². The number of benzene rings is 1. The van der Waals surface area contributed by atoms with Crippen molar-refractivity contribution in [3.8, 4) is 11.6 Å². The number of halogens is 1. The number of nitrogens with zero attached hydrogens (tertiary/aromatic N) is 2. The molecule has 0 N–H and O–H groups in total. The van der Waals surface area contributed by atoms with Crippen LogP contribution in [0.4, 0.5) is 4.39 Å². The fourth-order valence-corrected chi connectivity index (χ4v) is 1.50. The molecule has 94 valence electrons. The van der Waals surface area contributed by atoms with Crippen molar-refractivity contribution in [3.63, 3.8) is 0 Å². The monoisotopic (exact) mass is 246 g/mol. The van der Waals surface area contributed by atoms with Crippen LogP contribution < -0.4 is 4.74 Å². The molecule has 0 fully saturated rings. The fraction of sp³-hybridized carbons (Fsp3) is 0.286. The van der Waals surface area contributed by atoms with Gasteiger partial charge >= 0.3 is 0 Å². The van der Waals surface area contributed by atoms with E-state index in [0.29, 0.717) is 5.75 Å². The van der Waals surface area contributed by atoms with Gasteiger partial charge in [-0.2, -0.15) is 4.39 Å². The fourth-order valence-electron chi connectivity index (χ4n) is 1.50. The molecule has 1 heterocycles. The van der Waals surface area contributed by atoms with Crippen molar-refractivity contribution < 1.29 is 9.13 Å². The first-order chi connectivity index (χ1) is 8.45. The summed E-state index contributed by atoms with van der Waals surface area (Å²) in [6.45, 7) is 6.44. The van der Waals surface area contributed by atoms with Gasteiger partial charge in [0, 0.05) is 0 Å². The number of ether oxygens (including phenoxy) is 1. The van der Waals surface area contributed by atoms with Gasteiger partial charge in [-0.3, -0.25) is 0 Å². The molecular formula is C14H15FN2O. The van der Waals surface area contributed by atoms with Crippen LogP contribution >= 0.6 is 0 Å². The maximum atomic E-state index is 12.6. The molecule has 0 amide bonds. The van der Waals surface area contributed by atoms with Crippen LogP contribution in [0.25, 0.3) is 0 Å². The third-order valence-electron chi connectivity index (χ3n) is 2.54. The van der Waals surface area contributed by atoms with Crippen molar-refractivity contribution in [2.75, 3.05) is 0 Å². The summed E-state index contributed by atoms with van der Waals surface area (Å²) in [5.41, 5.74) is 1.33. The molecule has 0 saturated carbocycles. The van der Waals surface area contributed by atoms with E-state index >= 15 is 0 Å². The minimum Gasteiger partial charge on any atom is -0.438 e. The molecule has 0 spiro atoms. The van der Waals surface area contributed by atoms with Gasteiger partial charge in [-0.25, -0.2) is 9.97 Å². The molecule has 1 aromatic heterocycles. The van der Waals surface area contributed by atoms with Crippen LogP contribution in [0.15, 0.2) is 36.7 Å². The Morgan fingerprint density at radius 3 is 2.17 bits per heavy atom. The zero-order valence-corrected chi connectivity index (χ0v) is 10.6. The van der Waals surface area contributed by atoms with Crippen LogP contribution in [-0.2, 0) is 5.41 Å². The van der Waals surface area contributed by atoms with Gasteiger partial charge in [-0.15, -0.1) is 0 Å². The molecule has 3 nitrogen and oxygen atoms in total. The highest BCUT2D eigenvalue weighted by Crippen LogP contribution is 2.25. The van der Waals surface area contributed by atoms with Crippen molar-refractivity contribution in [1.29, 1.82) is 0 Å². The van der Waals surface area contributed by atoms with Gasteiger partial charge in [0.25, 0.3) is 0 Å². The van der Waals surface area contributed by atoms with Crippen LogP contribution in [-0.4, -0.2) is 9.97 Å². The van der Waals surface area contributed by atoms with E-state index in [1.165, 1.54) is 11.8 Å². The van der Waals surface area contributed by atoms with E-state index in [4.69, 9.17) is 4.74 Å². The Bertz CT molecular complexity index is 515. The highest BCUT2D eigenvalue weighted by Gasteiger charge is 2.13. The Morgan fingerprint density at radius 1 is 1.00 bits per heavy atom. The van der Waals surface area contributed by atoms with E-state index < -0.39 is 5.95 Å². The highest BCUT2D eigenvalue weighted by atomic mass is 19.1. The Labute approximate surface area is 106 Å². The molecule has 0 aliphatic carbocycles. The molecule has 0 aliphatic rings. The van der Waals surface area contributed by atoms with Crippen LogP contribution in [0.3, 0.4) is 0 Å². The summed E-state index contributed by atoms with van der Waals surface area (Å²) >= 11 is 0. The average molecular weight is 246 g/mol. The largest absolute Gasteiger partial charge is 0.438 e. The molecule has 0 aliphatic heterocycles. The predicted molar refractivity (Wildman–Crippen MR) is 67.2 cm³/mol. The third kappa shape index (κ3) is 3.03. The molecule has 18 heavy (non-hydrogen) atoms. The van der Waals surface area contributed by atoms with Crippen molar-refractivity contribution in [2.24, 2.45) is 0 Å². The Morgan fingerprint density at radius 2 is 1.67 bits per heavy atom. The first-order valence-electron chi connectivity index (χ1n) is 5.71. The van der Waals surface area contributed by atoms with E-state index in [0.717, 1.165) is 6.20 Å². The van der Waals surface area contributed by atoms with Crippen LogP contribution in [0.5, 0.6) is 11.6 Å². The van der Waals surface area contributed by atoms with Crippen molar-refractivity contribution in [1.82, 2.24) is 9.97 Å². The van der Waals surface area contributed by atoms with E-state index in [1.807, 2.05) is 24.3 Å². The van der Waals surface area contributed by atoms with E-state index in [9.17, 15) is 4.39 Å². The van der Waals surface area contributed by atoms with Crippen molar-refractivity contribution >= 4 is 0 Å². The maximum Gasteiger partial charge on any atom is 0.238 e. The van der Waals surface area contributed by atoms with Gasteiger partial charge in [0.1, 0.15) is 5.75 Å². The van der Waals surface area contributed by atoms with Crippen molar-refractivity contribution in [3.05, 3.63) is 48.2 Å². The number of hydrogen-bond acceptors (Lipinski definition) is 3. The Balaban J connectivity index is 2.13. The second-order valence-corrected chi connectivity index (χ2v) is 5.05. The summed E-state index contributed by atoms with van der Waals surface area (Å²) in [6.07, 6.45) is 2.28. The van der Waals surface area contributed by atoms with Gasteiger partial charge in [-0.05, 0) is 23.1 Å². The number of aromatic nitrogens is 2. The lowest BCUT2D eigenvalue weighted by molar-refractivity contribution is 0.451. The van der Waals surface area contributed by atoms with Crippen molar-refractivity contribution in [2.45, 2.75) is 26.2 Å². The zero-order chi connectivity index (χ0) is 13.2. The lowest BCUT2D eigenvalue weighted by Crippen LogP contribution is -2.10.